The van der Waals surface area contributed by atoms with E-state index in [1.807, 2.05) is 6.07 Å². The molecule has 0 aliphatic carbocycles. The average molecular weight is 272 g/mol. The molecule has 0 saturated heterocycles. The van der Waals surface area contributed by atoms with Crippen LogP contribution in [0.15, 0.2) is 12.1 Å². The molecule has 0 saturated carbocycles. The molecule has 1 aliphatic heterocycles. The van der Waals surface area contributed by atoms with Gasteiger partial charge in [-0.3, -0.25) is 0 Å². The van der Waals surface area contributed by atoms with Crippen molar-refractivity contribution in [1.82, 2.24) is 5.32 Å². The summed E-state index contributed by atoms with van der Waals surface area (Å²) in [5.41, 5.74) is 3.27. The minimum absolute atomic E-state index is 0.640. The molecule has 0 unspecified atom stereocenters. The van der Waals surface area contributed by atoms with Crippen LogP contribution >= 0.6 is 15.9 Å². The fourth-order valence-electron chi connectivity index (χ4n) is 1.60. The minimum Gasteiger partial charge on any atom is -0.486 e. The molecule has 1 heterocycles. The molecule has 15 heavy (non-hydrogen) atoms. The van der Waals surface area contributed by atoms with E-state index in [0.717, 1.165) is 23.5 Å². The van der Waals surface area contributed by atoms with Crippen LogP contribution in [0, 0.1) is 6.92 Å². The molecule has 0 bridgehead atoms. The van der Waals surface area contributed by atoms with Crippen molar-refractivity contribution in [2.75, 3.05) is 18.7 Å². The molecular formula is C11H14BrNO2. The van der Waals surface area contributed by atoms with Crippen molar-refractivity contribution in [2.45, 2.75) is 13.5 Å². The van der Waals surface area contributed by atoms with Gasteiger partial charge in [0.25, 0.3) is 0 Å². The fraction of sp³-hybridized carbons (Fsp3) is 0.455. The highest BCUT2D eigenvalue weighted by Crippen LogP contribution is 2.32. The van der Waals surface area contributed by atoms with Gasteiger partial charge in [0.05, 0.1) is 5.45 Å². The molecule has 2 rings (SSSR count). The lowest BCUT2D eigenvalue weighted by Crippen LogP contribution is -2.17. The number of ether oxygens (including phenoxy) is 2. The maximum atomic E-state index is 5.53. The zero-order chi connectivity index (χ0) is 10.7. The van der Waals surface area contributed by atoms with E-state index in [1.165, 1.54) is 11.1 Å². The number of hydrogen-bond donors (Lipinski definition) is 1. The van der Waals surface area contributed by atoms with E-state index in [9.17, 15) is 0 Å². The highest BCUT2D eigenvalue weighted by molar-refractivity contribution is 9.09. The highest BCUT2D eigenvalue weighted by atomic mass is 79.9. The predicted octanol–water partition coefficient (Wildman–Crippen LogP) is 2.21. The van der Waals surface area contributed by atoms with Gasteiger partial charge < -0.3 is 14.8 Å². The summed E-state index contributed by atoms with van der Waals surface area (Å²) in [6, 6.07) is 4.10. The zero-order valence-electron chi connectivity index (χ0n) is 8.68. The van der Waals surface area contributed by atoms with Crippen molar-refractivity contribution in [3.63, 3.8) is 0 Å². The van der Waals surface area contributed by atoms with E-state index in [0.29, 0.717) is 13.2 Å². The van der Waals surface area contributed by atoms with Crippen molar-refractivity contribution < 1.29 is 9.47 Å². The molecule has 0 radical (unpaired) electrons. The lowest BCUT2D eigenvalue weighted by atomic mass is 10.1. The standard InChI is InChI=1S/C11H14BrNO2/c1-8-4-10-11(15-3-2-14-10)5-9(8)6-13-7-12/h4-5,13H,2-3,6-7H2,1H3. The van der Waals surface area contributed by atoms with Gasteiger partial charge in [-0.15, -0.1) is 0 Å². The van der Waals surface area contributed by atoms with Crippen molar-refractivity contribution in [2.24, 2.45) is 0 Å². The second-order valence-corrected chi connectivity index (χ2v) is 4.04. The first-order valence-corrected chi connectivity index (χ1v) is 6.09. The van der Waals surface area contributed by atoms with Crippen LogP contribution in [0.25, 0.3) is 0 Å². The van der Waals surface area contributed by atoms with E-state index in [1.54, 1.807) is 0 Å². The molecule has 0 atom stereocenters. The predicted molar refractivity (Wildman–Crippen MR) is 62.8 cm³/mol. The first kappa shape index (κ1) is 10.8. The van der Waals surface area contributed by atoms with Crippen LogP contribution in [0.2, 0.25) is 0 Å². The highest BCUT2D eigenvalue weighted by Gasteiger charge is 2.13. The minimum atomic E-state index is 0.640. The summed E-state index contributed by atoms with van der Waals surface area (Å²) < 4.78 is 11.0. The van der Waals surface area contributed by atoms with E-state index in [-0.39, 0.29) is 0 Å². The van der Waals surface area contributed by atoms with Crippen molar-refractivity contribution >= 4 is 15.9 Å². The number of benzene rings is 1. The number of rotatable bonds is 3. The first-order chi connectivity index (χ1) is 7.31. The number of aryl methyl sites for hydroxylation is 1. The number of hydrogen-bond acceptors (Lipinski definition) is 3. The third-order valence-electron chi connectivity index (χ3n) is 2.41. The molecule has 1 N–H and O–H groups in total. The van der Waals surface area contributed by atoms with E-state index in [2.05, 4.69) is 34.2 Å². The SMILES string of the molecule is Cc1cc2c(cc1CNCBr)OCCO2. The number of nitrogens with one attached hydrogen (secondary N) is 1. The molecule has 0 fully saturated rings. The van der Waals surface area contributed by atoms with Gasteiger partial charge >= 0.3 is 0 Å². The summed E-state index contributed by atoms with van der Waals surface area (Å²) in [4.78, 5) is 0. The van der Waals surface area contributed by atoms with Gasteiger partial charge in [-0.25, -0.2) is 0 Å². The first-order valence-electron chi connectivity index (χ1n) is 4.97. The third-order valence-corrected chi connectivity index (χ3v) is 2.81. The van der Waals surface area contributed by atoms with E-state index < -0.39 is 0 Å². The molecular weight excluding hydrogens is 258 g/mol. The molecule has 1 aromatic rings. The van der Waals surface area contributed by atoms with E-state index in [4.69, 9.17) is 9.47 Å². The van der Waals surface area contributed by atoms with Crippen LogP contribution in [0.4, 0.5) is 0 Å². The van der Waals surface area contributed by atoms with Gasteiger partial charge in [0.2, 0.25) is 0 Å². The van der Waals surface area contributed by atoms with Crippen molar-refractivity contribution in [3.05, 3.63) is 23.3 Å². The molecule has 1 aromatic carbocycles. The van der Waals surface area contributed by atoms with Gasteiger partial charge in [-0.2, -0.15) is 0 Å². The second-order valence-electron chi connectivity index (χ2n) is 3.48. The summed E-state index contributed by atoms with van der Waals surface area (Å²) in [5, 5.41) is 3.23. The Labute approximate surface area is 97.9 Å². The Balaban J connectivity index is 2.24. The number of alkyl halides is 1. The smallest absolute Gasteiger partial charge is 0.161 e. The summed E-state index contributed by atoms with van der Waals surface area (Å²) in [6.45, 7) is 4.21. The number of halogens is 1. The summed E-state index contributed by atoms with van der Waals surface area (Å²) in [7, 11) is 0. The fourth-order valence-corrected chi connectivity index (χ4v) is 1.80. The molecule has 0 aromatic heterocycles. The molecule has 3 nitrogen and oxygen atoms in total. The molecule has 0 spiro atoms. The summed E-state index contributed by atoms with van der Waals surface area (Å²) in [5.74, 6) is 1.72. The Morgan fingerprint density at radius 2 is 1.93 bits per heavy atom. The van der Waals surface area contributed by atoms with Crippen molar-refractivity contribution in [1.29, 1.82) is 0 Å². The lowest BCUT2D eigenvalue weighted by molar-refractivity contribution is 0.171. The van der Waals surface area contributed by atoms with Crippen molar-refractivity contribution in [3.8, 4) is 11.5 Å². The second kappa shape index (κ2) is 4.86. The Morgan fingerprint density at radius 1 is 1.27 bits per heavy atom. The third kappa shape index (κ3) is 2.44. The Kier molecular flexibility index (Phi) is 3.49. The van der Waals surface area contributed by atoms with Gasteiger partial charge in [0.1, 0.15) is 13.2 Å². The van der Waals surface area contributed by atoms with Crippen LogP contribution in [0.3, 0.4) is 0 Å². The largest absolute Gasteiger partial charge is 0.486 e. The van der Waals surface area contributed by atoms with Crippen LogP contribution in [0.5, 0.6) is 11.5 Å². The lowest BCUT2D eigenvalue weighted by Gasteiger charge is -2.20. The quantitative estimate of drug-likeness (QED) is 0.676. The van der Waals surface area contributed by atoms with Crippen LogP contribution in [0.1, 0.15) is 11.1 Å². The maximum absolute atomic E-state index is 5.53. The molecule has 0 amide bonds. The van der Waals surface area contributed by atoms with E-state index >= 15 is 0 Å². The average Bonchev–Trinajstić information content (AvgIpc) is 2.26. The van der Waals surface area contributed by atoms with Crippen LogP contribution < -0.4 is 14.8 Å². The summed E-state index contributed by atoms with van der Waals surface area (Å²) in [6.07, 6.45) is 0. The molecule has 4 heteroatoms. The summed E-state index contributed by atoms with van der Waals surface area (Å²) >= 11 is 3.34. The van der Waals surface area contributed by atoms with Gasteiger partial charge in [0, 0.05) is 6.54 Å². The molecule has 1 aliphatic rings. The topological polar surface area (TPSA) is 30.5 Å². The number of fused-ring (bicyclic) bond motifs is 1. The van der Waals surface area contributed by atoms with Gasteiger partial charge in [0.15, 0.2) is 11.5 Å². The van der Waals surface area contributed by atoms with Gasteiger partial charge in [-0.05, 0) is 30.2 Å². The maximum Gasteiger partial charge on any atom is 0.161 e. The monoisotopic (exact) mass is 271 g/mol. The molecule has 82 valence electrons. The van der Waals surface area contributed by atoms with Gasteiger partial charge in [-0.1, -0.05) is 15.9 Å². The Morgan fingerprint density at radius 3 is 2.60 bits per heavy atom. The van der Waals surface area contributed by atoms with Crippen LogP contribution in [-0.4, -0.2) is 18.7 Å². The zero-order valence-corrected chi connectivity index (χ0v) is 10.3. The van der Waals surface area contributed by atoms with Crippen LogP contribution in [-0.2, 0) is 6.54 Å². The normalized spacial score (nSPS) is 14.0. The Hall–Kier alpha value is -0.740. The Bertz CT molecular complexity index is 355.